The molecule has 6 nitrogen and oxygen atoms in total. The highest BCUT2D eigenvalue weighted by Gasteiger charge is 2.20. The highest BCUT2D eigenvalue weighted by molar-refractivity contribution is 5.76. The highest BCUT2D eigenvalue weighted by atomic mass is 16.5. The van der Waals surface area contributed by atoms with E-state index in [0.29, 0.717) is 25.9 Å². The molecule has 2 atom stereocenters. The minimum absolute atomic E-state index is 0.0135. The summed E-state index contributed by atoms with van der Waals surface area (Å²) in [6.45, 7) is 4.98. The van der Waals surface area contributed by atoms with Crippen LogP contribution in [0.4, 0.5) is 0 Å². The average molecular weight is 1030 g/mol. The van der Waals surface area contributed by atoms with Gasteiger partial charge in [0.2, 0.25) is 5.91 Å². The first-order valence-corrected chi connectivity index (χ1v) is 33.4. The molecule has 0 rings (SSSR count). The molecule has 0 fully saturated rings. The largest absolute Gasteiger partial charge is 0.466 e. The van der Waals surface area contributed by atoms with Crippen LogP contribution in [0.5, 0.6) is 0 Å². The molecular formula is C67H131NO5. The Hall–Kier alpha value is -1.40. The van der Waals surface area contributed by atoms with Crippen molar-refractivity contribution >= 4 is 11.9 Å². The van der Waals surface area contributed by atoms with Gasteiger partial charge < -0.3 is 20.3 Å². The molecule has 0 aromatic rings. The Bertz CT molecular complexity index is 1100. The summed E-state index contributed by atoms with van der Waals surface area (Å²) in [6.07, 6.45) is 76.7. The monoisotopic (exact) mass is 1030 g/mol. The van der Waals surface area contributed by atoms with Gasteiger partial charge in [0.15, 0.2) is 0 Å². The Morgan fingerprint density at radius 3 is 0.973 bits per heavy atom. The third-order valence-electron chi connectivity index (χ3n) is 15.8. The maximum atomic E-state index is 12.5. The Labute approximate surface area is 457 Å². The van der Waals surface area contributed by atoms with Gasteiger partial charge in [0, 0.05) is 12.8 Å². The minimum atomic E-state index is -0.662. The number of esters is 1. The molecular weight excluding hydrogens is 899 g/mol. The Kier molecular flexibility index (Phi) is 61.9. The van der Waals surface area contributed by atoms with Gasteiger partial charge in [-0.2, -0.15) is 0 Å². The van der Waals surface area contributed by atoms with Crippen molar-refractivity contribution in [3.8, 4) is 0 Å². The molecule has 0 aliphatic heterocycles. The molecule has 0 aliphatic carbocycles. The van der Waals surface area contributed by atoms with Crippen molar-refractivity contribution in [2.75, 3.05) is 13.2 Å². The van der Waals surface area contributed by atoms with E-state index in [1.165, 1.54) is 302 Å². The van der Waals surface area contributed by atoms with E-state index in [9.17, 15) is 19.8 Å². The van der Waals surface area contributed by atoms with Crippen LogP contribution in [0.15, 0.2) is 12.2 Å². The van der Waals surface area contributed by atoms with Crippen LogP contribution in [-0.4, -0.2) is 47.4 Å². The SMILES string of the molecule is CCCCCCCCC/C=C\CCCCCCCCCC(=O)OCCCCCCCCCCCCCCCCCCCCCCCCCCC(=O)NC(CO)C(O)CCCCCCCCCCCCCCCC. The predicted octanol–water partition coefficient (Wildman–Crippen LogP) is 21.2. The fourth-order valence-corrected chi connectivity index (χ4v) is 10.7. The Morgan fingerprint density at radius 1 is 0.370 bits per heavy atom. The Morgan fingerprint density at radius 2 is 0.644 bits per heavy atom. The molecule has 3 N–H and O–H groups in total. The molecule has 434 valence electrons. The summed E-state index contributed by atoms with van der Waals surface area (Å²) in [6, 6.07) is -0.539. The van der Waals surface area contributed by atoms with Crippen molar-refractivity contribution in [2.24, 2.45) is 0 Å². The van der Waals surface area contributed by atoms with Gasteiger partial charge in [-0.3, -0.25) is 9.59 Å². The van der Waals surface area contributed by atoms with Crippen molar-refractivity contribution in [1.29, 1.82) is 0 Å². The summed E-state index contributed by atoms with van der Waals surface area (Å²) in [5.41, 5.74) is 0. The number of hydrogen-bond acceptors (Lipinski definition) is 5. The van der Waals surface area contributed by atoms with Crippen LogP contribution in [0.25, 0.3) is 0 Å². The normalized spacial score (nSPS) is 12.5. The molecule has 0 aromatic carbocycles. The number of allylic oxidation sites excluding steroid dienone is 2. The first-order valence-electron chi connectivity index (χ1n) is 33.4. The predicted molar refractivity (Wildman–Crippen MR) is 320 cm³/mol. The lowest BCUT2D eigenvalue weighted by Crippen LogP contribution is -2.45. The third-order valence-corrected chi connectivity index (χ3v) is 15.8. The molecule has 0 aliphatic rings. The zero-order valence-corrected chi connectivity index (χ0v) is 49.6. The van der Waals surface area contributed by atoms with E-state index in [0.717, 1.165) is 44.9 Å². The molecule has 0 spiro atoms. The fourth-order valence-electron chi connectivity index (χ4n) is 10.7. The number of aliphatic hydroxyl groups is 2. The standard InChI is InChI=1S/C67H131NO5/c1-3-5-7-9-11-13-15-17-19-20-30-33-37-41-45-49-53-57-61-67(72)73-62-58-54-50-46-42-38-34-31-28-26-24-22-21-23-25-27-29-32-36-40-44-48-52-56-60-66(71)68-64(63-69)65(70)59-55-51-47-43-39-35-18-16-14-12-10-8-6-4-2/h19-20,64-65,69-70H,3-18,21-63H2,1-2H3,(H,68,71)/b20-19-. The number of unbranched alkanes of at least 4 members (excludes halogenated alkanes) is 50. The number of ether oxygens (including phenoxy) is 1. The number of hydrogen-bond donors (Lipinski definition) is 3. The second-order valence-corrected chi connectivity index (χ2v) is 23.2. The Balaban J connectivity index is 3.34. The topological polar surface area (TPSA) is 95.9 Å². The lowest BCUT2D eigenvalue weighted by Gasteiger charge is -2.22. The number of rotatable bonds is 63. The number of carbonyl (C=O) groups excluding carboxylic acids is 2. The lowest BCUT2D eigenvalue weighted by molar-refractivity contribution is -0.143. The van der Waals surface area contributed by atoms with Crippen LogP contribution in [0.1, 0.15) is 380 Å². The molecule has 0 bridgehead atoms. The first kappa shape index (κ1) is 71.6. The van der Waals surface area contributed by atoms with E-state index in [1.54, 1.807) is 0 Å². The first-order chi connectivity index (χ1) is 36.0. The summed E-state index contributed by atoms with van der Waals surface area (Å²) >= 11 is 0. The number of carbonyl (C=O) groups is 2. The van der Waals surface area contributed by atoms with E-state index in [2.05, 4.69) is 31.3 Å². The fraction of sp³-hybridized carbons (Fsp3) is 0.940. The third kappa shape index (κ3) is 59.7. The molecule has 73 heavy (non-hydrogen) atoms. The molecule has 1 amide bonds. The van der Waals surface area contributed by atoms with Crippen LogP contribution >= 0.6 is 0 Å². The molecule has 0 radical (unpaired) electrons. The van der Waals surface area contributed by atoms with Crippen LogP contribution in [0.3, 0.4) is 0 Å². The molecule has 6 heteroatoms. The van der Waals surface area contributed by atoms with Gasteiger partial charge in [-0.1, -0.05) is 328 Å². The maximum Gasteiger partial charge on any atom is 0.305 e. The molecule has 2 unspecified atom stereocenters. The lowest BCUT2D eigenvalue weighted by atomic mass is 10.0. The number of aliphatic hydroxyl groups excluding tert-OH is 2. The van der Waals surface area contributed by atoms with Crippen molar-refractivity contribution in [3.63, 3.8) is 0 Å². The summed E-state index contributed by atoms with van der Waals surface area (Å²) < 4.78 is 5.50. The van der Waals surface area contributed by atoms with Gasteiger partial charge in [0.05, 0.1) is 25.4 Å². The number of amides is 1. The molecule has 0 saturated carbocycles. The molecule has 0 saturated heterocycles. The minimum Gasteiger partial charge on any atom is -0.466 e. The van der Waals surface area contributed by atoms with E-state index in [1.807, 2.05) is 0 Å². The van der Waals surface area contributed by atoms with Crippen LogP contribution in [0, 0.1) is 0 Å². The van der Waals surface area contributed by atoms with Gasteiger partial charge in [-0.15, -0.1) is 0 Å². The summed E-state index contributed by atoms with van der Waals surface area (Å²) in [5.74, 6) is -0.0178. The van der Waals surface area contributed by atoms with E-state index >= 15 is 0 Å². The highest BCUT2D eigenvalue weighted by Crippen LogP contribution is 2.19. The smallest absolute Gasteiger partial charge is 0.305 e. The zero-order valence-electron chi connectivity index (χ0n) is 49.6. The van der Waals surface area contributed by atoms with Crippen LogP contribution in [-0.2, 0) is 14.3 Å². The average Bonchev–Trinajstić information content (AvgIpc) is 3.39. The van der Waals surface area contributed by atoms with Crippen LogP contribution in [0.2, 0.25) is 0 Å². The second-order valence-electron chi connectivity index (χ2n) is 23.2. The van der Waals surface area contributed by atoms with Gasteiger partial charge >= 0.3 is 5.97 Å². The molecule has 0 aromatic heterocycles. The van der Waals surface area contributed by atoms with Gasteiger partial charge in [-0.05, 0) is 51.4 Å². The summed E-state index contributed by atoms with van der Waals surface area (Å²) in [5, 5.41) is 23.3. The van der Waals surface area contributed by atoms with Crippen molar-refractivity contribution < 1.29 is 24.5 Å². The maximum absolute atomic E-state index is 12.5. The van der Waals surface area contributed by atoms with Crippen LogP contribution < -0.4 is 5.32 Å². The van der Waals surface area contributed by atoms with E-state index in [4.69, 9.17) is 4.74 Å². The van der Waals surface area contributed by atoms with Gasteiger partial charge in [0.1, 0.15) is 0 Å². The van der Waals surface area contributed by atoms with Crippen molar-refractivity contribution in [2.45, 2.75) is 392 Å². The zero-order chi connectivity index (χ0) is 52.9. The van der Waals surface area contributed by atoms with Gasteiger partial charge in [-0.25, -0.2) is 0 Å². The second kappa shape index (κ2) is 63.1. The number of nitrogens with one attached hydrogen (secondary N) is 1. The summed E-state index contributed by atoms with van der Waals surface area (Å²) in [4.78, 5) is 24.6. The van der Waals surface area contributed by atoms with Crippen molar-refractivity contribution in [1.82, 2.24) is 5.32 Å². The molecule has 0 heterocycles. The van der Waals surface area contributed by atoms with E-state index in [-0.39, 0.29) is 18.5 Å². The quantitative estimate of drug-likeness (QED) is 0.0320. The summed E-state index contributed by atoms with van der Waals surface area (Å²) in [7, 11) is 0. The van der Waals surface area contributed by atoms with Gasteiger partial charge in [0.25, 0.3) is 0 Å². The van der Waals surface area contributed by atoms with E-state index < -0.39 is 12.1 Å². The van der Waals surface area contributed by atoms with Crippen molar-refractivity contribution in [3.05, 3.63) is 12.2 Å².